The first kappa shape index (κ1) is 34.5. The fourth-order valence-corrected chi connectivity index (χ4v) is 7.08. The molecule has 3 amide bonds. The van der Waals surface area contributed by atoms with Crippen molar-refractivity contribution in [3.05, 3.63) is 101 Å². The molecule has 2 saturated carbocycles. The molecule has 7 rings (SSSR count). The number of carbonyl (C=O) groups is 5. The molecule has 50 heavy (non-hydrogen) atoms. The Bertz CT molecular complexity index is 1840. The van der Waals surface area contributed by atoms with Crippen LogP contribution in [0.2, 0.25) is 0 Å². The molecule has 3 aromatic rings. The number of anilines is 1. The summed E-state index contributed by atoms with van der Waals surface area (Å²) in [5.41, 5.74) is 2.02. The summed E-state index contributed by atoms with van der Waals surface area (Å²) in [5, 5.41) is 5.49. The first-order chi connectivity index (χ1) is 24.1. The zero-order chi connectivity index (χ0) is 35.3. The highest BCUT2D eigenvalue weighted by molar-refractivity contribution is 6.47. The van der Waals surface area contributed by atoms with Gasteiger partial charge in [-0.2, -0.15) is 0 Å². The number of halogens is 2. The summed E-state index contributed by atoms with van der Waals surface area (Å²) in [6.45, 7) is -0.281. The number of benzene rings is 3. The van der Waals surface area contributed by atoms with Crippen LogP contribution in [0.15, 0.2) is 76.7 Å². The predicted octanol–water partition coefficient (Wildman–Crippen LogP) is 5.79. The van der Waals surface area contributed by atoms with Gasteiger partial charge in [-0.05, 0) is 63.5 Å². The second kappa shape index (κ2) is 14.6. The smallest absolute Gasteiger partial charge is 0.275 e. The van der Waals surface area contributed by atoms with Gasteiger partial charge in [0.05, 0.1) is 0 Å². The number of nitrogens with one attached hydrogen (secondary N) is 2. The zero-order valence-corrected chi connectivity index (χ0v) is 27.4. The van der Waals surface area contributed by atoms with Crippen molar-refractivity contribution >= 4 is 47.4 Å². The van der Waals surface area contributed by atoms with Crippen molar-refractivity contribution in [3.8, 4) is 0 Å². The molecule has 258 valence electrons. The summed E-state index contributed by atoms with van der Waals surface area (Å²) in [6, 6.07) is 16.3. The first-order valence-electron chi connectivity index (χ1n) is 16.8. The van der Waals surface area contributed by atoms with Gasteiger partial charge in [-0.15, -0.1) is 0 Å². The highest BCUT2D eigenvalue weighted by Crippen LogP contribution is 2.39. The fraction of sp³-hybridized carbons (Fsp3) is 0.342. The number of nitrogens with zero attached hydrogens (tertiary/aromatic N) is 3. The molecular weight excluding hydrogens is 644 g/mol. The minimum atomic E-state index is -0.807. The third-order valence-corrected chi connectivity index (χ3v) is 9.58. The van der Waals surface area contributed by atoms with E-state index in [4.69, 9.17) is 4.99 Å². The molecule has 2 N–H and O–H groups in total. The average molecular weight is 682 g/mol. The van der Waals surface area contributed by atoms with E-state index < -0.39 is 23.2 Å². The monoisotopic (exact) mass is 681 g/mol. The Hall–Kier alpha value is -5.39. The van der Waals surface area contributed by atoms with Crippen LogP contribution in [0.3, 0.4) is 0 Å². The van der Waals surface area contributed by atoms with Crippen LogP contribution in [0, 0.1) is 11.6 Å². The lowest BCUT2D eigenvalue weighted by molar-refractivity contribution is -0.134. The van der Waals surface area contributed by atoms with Gasteiger partial charge in [-0.25, -0.2) is 8.78 Å². The SMILES string of the molecule is O=Cc1ccc(C2=NC3(CCCCC3)N(CC(=O)Nc3cc(F)cc(F)c3)C2=O)cc1.O=Cc1ccc(C2=NC3(CCCCC3)NC2=O)cc1. The van der Waals surface area contributed by atoms with Crippen molar-refractivity contribution < 1.29 is 32.8 Å². The summed E-state index contributed by atoms with van der Waals surface area (Å²) in [7, 11) is 0. The van der Waals surface area contributed by atoms with E-state index >= 15 is 0 Å². The summed E-state index contributed by atoms with van der Waals surface area (Å²) < 4.78 is 26.9. The standard InChI is InChI=1S/C23H21F2N3O3.C15H16N2O2/c24-17-10-18(25)12-19(11-17)26-20(30)13-28-22(31)21(16-6-4-15(14-29)5-7-16)27-23(28)8-2-1-3-9-23;18-10-11-4-6-12(7-5-11)13-14(19)17-15(16-13)8-2-1-3-9-15/h4-7,10-12,14H,1-3,8-9,13H2,(H,26,30);4-7,10H,1-3,8-9H2,(H,17,19). The molecule has 3 aromatic carbocycles. The van der Waals surface area contributed by atoms with Crippen LogP contribution in [-0.2, 0) is 14.4 Å². The van der Waals surface area contributed by atoms with Crippen molar-refractivity contribution in [2.75, 3.05) is 11.9 Å². The number of aldehydes is 2. The van der Waals surface area contributed by atoms with E-state index in [1.807, 2.05) is 0 Å². The third-order valence-electron chi connectivity index (χ3n) is 9.58. The lowest BCUT2D eigenvalue weighted by Gasteiger charge is -2.38. The maximum absolute atomic E-state index is 13.4. The molecule has 0 atom stereocenters. The average Bonchev–Trinajstić information content (AvgIpc) is 3.57. The Morgan fingerprint density at radius 3 is 1.80 bits per heavy atom. The molecule has 0 aromatic heterocycles. The summed E-state index contributed by atoms with van der Waals surface area (Å²) in [6.07, 6.45) is 10.9. The molecule has 4 aliphatic rings. The van der Waals surface area contributed by atoms with Crippen molar-refractivity contribution in [1.82, 2.24) is 10.2 Å². The van der Waals surface area contributed by atoms with Crippen LogP contribution >= 0.6 is 0 Å². The highest BCUT2D eigenvalue weighted by Gasteiger charge is 2.48. The van der Waals surface area contributed by atoms with E-state index in [1.165, 1.54) is 11.3 Å². The second-order valence-corrected chi connectivity index (χ2v) is 13.1. The molecule has 12 heteroatoms. The van der Waals surface area contributed by atoms with Crippen LogP contribution in [0.4, 0.5) is 14.5 Å². The minimum absolute atomic E-state index is 0.0163. The van der Waals surface area contributed by atoms with Gasteiger partial charge in [0.1, 0.15) is 53.5 Å². The Kier molecular flexibility index (Phi) is 10.1. The van der Waals surface area contributed by atoms with Gasteiger partial charge >= 0.3 is 0 Å². The third kappa shape index (κ3) is 7.44. The van der Waals surface area contributed by atoms with E-state index in [0.29, 0.717) is 41.3 Å². The first-order valence-corrected chi connectivity index (χ1v) is 16.8. The quantitative estimate of drug-likeness (QED) is 0.305. The molecule has 10 nitrogen and oxygen atoms in total. The Labute approximate surface area is 288 Å². The van der Waals surface area contributed by atoms with E-state index in [-0.39, 0.29) is 35.4 Å². The largest absolute Gasteiger partial charge is 0.326 e. The number of aliphatic imine (C=N–C) groups is 2. The Balaban J connectivity index is 0.000000194. The number of hydrogen-bond donors (Lipinski definition) is 2. The number of rotatable bonds is 7. The highest BCUT2D eigenvalue weighted by atomic mass is 19.1. The minimum Gasteiger partial charge on any atom is -0.326 e. The van der Waals surface area contributed by atoms with Crippen LogP contribution in [0.25, 0.3) is 0 Å². The topological polar surface area (TPSA) is 137 Å². The van der Waals surface area contributed by atoms with Gasteiger partial charge < -0.3 is 15.5 Å². The maximum atomic E-state index is 13.4. The number of amides is 3. The van der Waals surface area contributed by atoms with Crippen LogP contribution < -0.4 is 10.6 Å². The van der Waals surface area contributed by atoms with E-state index in [9.17, 15) is 32.8 Å². The second-order valence-electron chi connectivity index (χ2n) is 13.1. The zero-order valence-electron chi connectivity index (χ0n) is 27.4. The molecule has 0 saturated heterocycles. The summed E-state index contributed by atoms with van der Waals surface area (Å²) in [4.78, 5) is 70.4. The van der Waals surface area contributed by atoms with Crippen molar-refractivity contribution in [1.29, 1.82) is 0 Å². The van der Waals surface area contributed by atoms with Gasteiger partial charge in [0.25, 0.3) is 11.8 Å². The number of hydrogen-bond acceptors (Lipinski definition) is 7. The summed E-state index contributed by atoms with van der Waals surface area (Å²) in [5.74, 6) is -2.64. The van der Waals surface area contributed by atoms with Crippen molar-refractivity contribution in [2.45, 2.75) is 75.5 Å². The summed E-state index contributed by atoms with van der Waals surface area (Å²) >= 11 is 0. The molecule has 0 radical (unpaired) electrons. The van der Waals surface area contributed by atoms with E-state index in [2.05, 4.69) is 15.6 Å². The Morgan fingerprint density at radius 2 is 1.26 bits per heavy atom. The van der Waals surface area contributed by atoms with E-state index in [0.717, 1.165) is 75.2 Å². The molecule has 0 bridgehead atoms. The van der Waals surface area contributed by atoms with Gasteiger partial charge in [0, 0.05) is 34.0 Å². The molecule has 2 aliphatic carbocycles. The Morgan fingerprint density at radius 1 is 0.740 bits per heavy atom. The van der Waals surface area contributed by atoms with Crippen LogP contribution in [0.1, 0.15) is 96.1 Å². The number of carbonyl (C=O) groups excluding carboxylic acids is 5. The van der Waals surface area contributed by atoms with E-state index in [1.54, 1.807) is 48.5 Å². The molecular formula is C38H37F2N5O5. The van der Waals surface area contributed by atoms with Crippen LogP contribution in [-0.4, -0.2) is 64.5 Å². The van der Waals surface area contributed by atoms with Crippen LogP contribution in [0.5, 0.6) is 0 Å². The molecule has 0 unspecified atom stereocenters. The molecule has 2 fully saturated rings. The lowest BCUT2D eigenvalue weighted by atomic mass is 9.88. The van der Waals surface area contributed by atoms with Gasteiger partial charge in [0.2, 0.25) is 5.91 Å². The molecule has 2 heterocycles. The van der Waals surface area contributed by atoms with Crippen molar-refractivity contribution in [3.63, 3.8) is 0 Å². The lowest BCUT2D eigenvalue weighted by Crippen LogP contribution is -2.51. The van der Waals surface area contributed by atoms with Gasteiger partial charge in [0.15, 0.2) is 0 Å². The molecule has 2 spiro atoms. The fourth-order valence-electron chi connectivity index (χ4n) is 7.08. The normalized spacial score (nSPS) is 18.9. The van der Waals surface area contributed by atoms with Gasteiger partial charge in [-0.3, -0.25) is 34.0 Å². The van der Waals surface area contributed by atoms with Gasteiger partial charge in [-0.1, -0.05) is 61.4 Å². The molecule has 2 aliphatic heterocycles. The van der Waals surface area contributed by atoms with Crippen molar-refractivity contribution in [2.24, 2.45) is 9.98 Å². The predicted molar refractivity (Wildman–Crippen MR) is 183 cm³/mol. The maximum Gasteiger partial charge on any atom is 0.275 e.